The van der Waals surface area contributed by atoms with Crippen molar-refractivity contribution in [3.05, 3.63) is 0 Å². The topological polar surface area (TPSA) is 97.0 Å². The van der Waals surface area contributed by atoms with Crippen molar-refractivity contribution in [2.75, 3.05) is 33.4 Å². The van der Waals surface area contributed by atoms with E-state index < -0.39 is 11.7 Å². The lowest BCUT2D eigenvalue weighted by Gasteiger charge is -2.32. The van der Waals surface area contributed by atoms with Gasteiger partial charge in [-0.25, -0.2) is 4.79 Å². The number of nitrogens with one attached hydrogen (secondary N) is 2. The number of piperidine rings is 1. The Bertz CT molecular complexity index is 439. The second-order valence-corrected chi connectivity index (χ2v) is 6.83. The Morgan fingerprint density at radius 1 is 1.17 bits per heavy atom. The quantitative estimate of drug-likeness (QED) is 0.738. The Labute approximate surface area is 143 Å². The molecule has 0 radical (unpaired) electrons. The maximum absolute atomic E-state index is 12.1. The molecule has 24 heavy (non-hydrogen) atoms. The number of ether oxygens (including phenoxy) is 2. The Morgan fingerprint density at radius 3 is 2.33 bits per heavy atom. The van der Waals surface area contributed by atoms with Gasteiger partial charge in [-0.2, -0.15) is 0 Å². The van der Waals surface area contributed by atoms with E-state index in [1.807, 2.05) is 0 Å². The van der Waals surface area contributed by atoms with E-state index in [4.69, 9.17) is 9.47 Å². The fourth-order valence-electron chi connectivity index (χ4n) is 2.42. The molecule has 1 fully saturated rings. The highest BCUT2D eigenvalue weighted by atomic mass is 16.6. The summed E-state index contributed by atoms with van der Waals surface area (Å²) in [6, 6.07) is 0.0802. The van der Waals surface area contributed by atoms with Gasteiger partial charge >= 0.3 is 6.09 Å². The molecule has 1 rings (SSSR count). The maximum atomic E-state index is 12.1. The highest BCUT2D eigenvalue weighted by Crippen LogP contribution is 2.11. The second kappa shape index (κ2) is 9.46. The largest absolute Gasteiger partial charge is 0.444 e. The molecule has 0 bridgehead atoms. The summed E-state index contributed by atoms with van der Waals surface area (Å²) in [5.74, 6) is -0.142. The molecule has 0 aromatic rings. The Hall–Kier alpha value is -1.83. The first-order valence-corrected chi connectivity index (χ1v) is 8.24. The van der Waals surface area contributed by atoms with E-state index in [1.165, 1.54) is 7.11 Å². The van der Waals surface area contributed by atoms with Gasteiger partial charge in [-0.1, -0.05) is 0 Å². The Balaban J connectivity index is 2.21. The van der Waals surface area contributed by atoms with Crippen molar-refractivity contribution < 1.29 is 23.9 Å². The zero-order chi connectivity index (χ0) is 18.2. The summed E-state index contributed by atoms with van der Waals surface area (Å²) in [6.07, 6.45) is 1.16. The van der Waals surface area contributed by atoms with E-state index >= 15 is 0 Å². The number of hydrogen-bond acceptors (Lipinski definition) is 5. The van der Waals surface area contributed by atoms with Gasteiger partial charge in [0.25, 0.3) is 0 Å². The number of amides is 3. The molecule has 0 aromatic heterocycles. The van der Waals surface area contributed by atoms with Crippen LogP contribution in [0.5, 0.6) is 0 Å². The van der Waals surface area contributed by atoms with Crippen LogP contribution in [0.15, 0.2) is 0 Å². The molecule has 1 aliphatic heterocycles. The van der Waals surface area contributed by atoms with Gasteiger partial charge < -0.3 is 25.0 Å². The number of carbonyl (C=O) groups excluding carboxylic acids is 3. The molecule has 3 amide bonds. The highest BCUT2D eigenvalue weighted by Gasteiger charge is 2.24. The van der Waals surface area contributed by atoms with E-state index in [1.54, 1.807) is 25.7 Å². The second-order valence-electron chi connectivity index (χ2n) is 6.83. The SMILES string of the molecule is COCC(=O)NC1CCN(C(=O)CCNC(=O)OC(C)(C)C)CC1. The fourth-order valence-corrected chi connectivity index (χ4v) is 2.42. The summed E-state index contributed by atoms with van der Waals surface area (Å²) in [5, 5.41) is 5.46. The molecule has 0 aromatic carbocycles. The van der Waals surface area contributed by atoms with Crippen LogP contribution in [0.3, 0.4) is 0 Å². The highest BCUT2D eigenvalue weighted by molar-refractivity contribution is 5.78. The van der Waals surface area contributed by atoms with E-state index in [9.17, 15) is 14.4 Å². The first-order chi connectivity index (χ1) is 11.2. The number of hydrogen-bond donors (Lipinski definition) is 2. The molecule has 138 valence electrons. The van der Waals surface area contributed by atoms with Crippen LogP contribution in [0.25, 0.3) is 0 Å². The van der Waals surface area contributed by atoms with Crippen molar-refractivity contribution in [1.29, 1.82) is 0 Å². The van der Waals surface area contributed by atoms with E-state index in [0.29, 0.717) is 13.1 Å². The van der Waals surface area contributed by atoms with Crippen LogP contribution in [0, 0.1) is 0 Å². The van der Waals surface area contributed by atoms with Crippen LogP contribution in [-0.4, -0.2) is 67.8 Å². The number of rotatable bonds is 6. The van der Waals surface area contributed by atoms with Crippen molar-refractivity contribution in [3.63, 3.8) is 0 Å². The molecule has 1 heterocycles. The average molecular weight is 343 g/mol. The van der Waals surface area contributed by atoms with Crippen molar-refractivity contribution in [3.8, 4) is 0 Å². The number of alkyl carbamates (subject to hydrolysis) is 1. The van der Waals surface area contributed by atoms with Crippen LogP contribution >= 0.6 is 0 Å². The monoisotopic (exact) mass is 343 g/mol. The molecule has 2 N–H and O–H groups in total. The first kappa shape index (κ1) is 20.2. The van der Waals surface area contributed by atoms with Gasteiger partial charge in [0, 0.05) is 39.2 Å². The maximum Gasteiger partial charge on any atom is 0.407 e. The van der Waals surface area contributed by atoms with Gasteiger partial charge in [0.05, 0.1) is 0 Å². The van der Waals surface area contributed by atoms with Crippen molar-refractivity contribution in [1.82, 2.24) is 15.5 Å². The fraction of sp³-hybridized carbons (Fsp3) is 0.812. The molecule has 1 aliphatic rings. The number of carbonyl (C=O) groups is 3. The molecule has 0 aliphatic carbocycles. The summed E-state index contributed by atoms with van der Waals surface area (Å²) in [4.78, 5) is 36.9. The standard InChI is InChI=1S/C16H29N3O5/c1-16(2,3)24-15(22)17-8-5-14(21)19-9-6-12(7-10-19)18-13(20)11-23-4/h12H,5-11H2,1-4H3,(H,17,22)(H,18,20). The average Bonchev–Trinajstić information content (AvgIpc) is 2.46. The lowest BCUT2D eigenvalue weighted by Crippen LogP contribution is -2.47. The number of methoxy groups -OCH3 is 1. The lowest BCUT2D eigenvalue weighted by atomic mass is 10.0. The van der Waals surface area contributed by atoms with Gasteiger partial charge in [0.2, 0.25) is 11.8 Å². The van der Waals surface area contributed by atoms with Crippen LogP contribution < -0.4 is 10.6 Å². The molecule has 8 nitrogen and oxygen atoms in total. The van der Waals surface area contributed by atoms with Gasteiger partial charge in [-0.05, 0) is 33.6 Å². The Morgan fingerprint density at radius 2 is 1.79 bits per heavy atom. The van der Waals surface area contributed by atoms with Gasteiger partial charge in [0.15, 0.2) is 0 Å². The molecule has 0 unspecified atom stereocenters. The molecule has 0 atom stereocenters. The molecule has 8 heteroatoms. The van der Waals surface area contributed by atoms with Gasteiger partial charge in [0.1, 0.15) is 12.2 Å². The summed E-state index contributed by atoms with van der Waals surface area (Å²) in [7, 11) is 1.48. The van der Waals surface area contributed by atoms with Crippen LogP contribution in [0.2, 0.25) is 0 Å². The number of nitrogens with zero attached hydrogens (tertiary/aromatic N) is 1. The number of likely N-dealkylation sites (tertiary alicyclic amines) is 1. The lowest BCUT2D eigenvalue weighted by molar-refractivity contribution is -0.132. The van der Waals surface area contributed by atoms with Crippen molar-refractivity contribution in [2.24, 2.45) is 0 Å². The van der Waals surface area contributed by atoms with E-state index in [0.717, 1.165) is 12.8 Å². The van der Waals surface area contributed by atoms with E-state index in [2.05, 4.69) is 10.6 Å². The summed E-state index contributed by atoms with van der Waals surface area (Å²) in [6.45, 7) is 6.86. The third-order valence-corrected chi connectivity index (χ3v) is 3.50. The van der Waals surface area contributed by atoms with Crippen molar-refractivity contribution in [2.45, 2.75) is 51.7 Å². The first-order valence-electron chi connectivity index (χ1n) is 8.24. The minimum Gasteiger partial charge on any atom is -0.444 e. The van der Waals surface area contributed by atoms with E-state index in [-0.39, 0.29) is 37.4 Å². The molecular weight excluding hydrogens is 314 g/mol. The third kappa shape index (κ3) is 8.14. The third-order valence-electron chi connectivity index (χ3n) is 3.50. The predicted molar refractivity (Wildman–Crippen MR) is 88.5 cm³/mol. The zero-order valence-corrected chi connectivity index (χ0v) is 15.0. The minimum absolute atomic E-state index is 0.00673. The summed E-state index contributed by atoms with van der Waals surface area (Å²) < 4.78 is 9.89. The smallest absolute Gasteiger partial charge is 0.407 e. The van der Waals surface area contributed by atoms with Crippen LogP contribution in [0.1, 0.15) is 40.0 Å². The normalized spacial score (nSPS) is 15.8. The summed E-state index contributed by atoms with van der Waals surface area (Å²) in [5.41, 5.74) is -0.552. The minimum atomic E-state index is -0.552. The predicted octanol–water partition coefficient (Wildman–Crippen LogP) is 0.655. The molecule has 0 saturated carbocycles. The van der Waals surface area contributed by atoms with Gasteiger partial charge in [-0.15, -0.1) is 0 Å². The molecule has 1 saturated heterocycles. The van der Waals surface area contributed by atoms with Gasteiger partial charge in [-0.3, -0.25) is 9.59 Å². The van der Waals surface area contributed by atoms with Crippen LogP contribution in [-0.2, 0) is 19.1 Å². The Kier molecular flexibility index (Phi) is 7.97. The van der Waals surface area contributed by atoms with Crippen molar-refractivity contribution >= 4 is 17.9 Å². The zero-order valence-electron chi connectivity index (χ0n) is 15.0. The molecular formula is C16H29N3O5. The summed E-state index contributed by atoms with van der Waals surface area (Å²) >= 11 is 0. The molecule has 0 spiro atoms. The van der Waals surface area contributed by atoms with Crippen LogP contribution in [0.4, 0.5) is 4.79 Å².